The monoisotopic (exact) mass is 1500 g/mol. The quantitative estimate of drug-likeness (QED) is 0.0183. The van der Waals surface area contributed by atoms with Crippen molar-refractivity contribution in [1.29, 1.82) is 0 Å². The van der Waals surface area contributed by atoms with Crippen LogP contribution >= 0.6 is 0 Å². The molecule has 4 saturated heterocycles. The average molecular weight is 1500 g/mol. The molecule has 1 amide bonds. The van der Waals surface area contributed by atoms with Crippen molar-refractivity contribution in [3.05, 3.63) is 132 Å². The number of likely N-dealkylation sites (N-methyl/N-ethyl adjacent to an activating group) is 1. The van der Waals surface area contributed by atoms with Gasteiger partial charge in [0, 0.05) is 86.0 Å². The maximum Gasteiger partial charge on any atom is 0.217 e. The second-order valence-corrected chi connectivity index (χ2v) is 29.9. The number of amides is 1. The molecule has 15 N–H and O–H groups in total. The van der Waals surface area contributed by atoms with Gasteiger partial charge in [-0.2, -0.15) is 4.58 Å². The highest BCUT2D eigenvalue weighted by Crippen LogP contribution is 2.50. The number of nitrogens with zero attached hydrogens (tertiary/aromatic N) is 2. The first-order valence-corrected chi connectivity index (χ1v) is 38.3. The largest absolute Gasteiger partial charge is 0.396 e. The van der Waals surface area contributed by atoms with Crippen LogP contribution in [0.3, 0.4) is 0 Å². The molecule has 107 heavy (non-hydrogen) atoms. The van der Waals surface area contributed by atoms with Crippen LogP contribution in [0, 0.1) is 11.8 Å². The molecule has 6 heterocycles. The molecule has 598 valence electrons. The zero-order valence-electron chi connectivity index (χ0n) is 65.1. The fourth-order valence-corrected chi connectivity index (χ4v) is 15.1. The molecule has 0 aromatic heterocycles. The molecule has 6 aliphatic heterocycles. The van der Waals surface area contributed by atoms with E-state index in [1.165, 1.54) is 94.5 Å². The van der Waals surface area contributed by atoms with Crippen LogP contribution in [0.5, 0.6) is 0 Å². The third-order valence-electron chi connectivity index (χ3n) is 21.4. The number of ketones is 1. The van der Waals surface area contributed by atoms with Crippen molar-refractivity contribution in [2.75, 3.05) is 58.6 Å². The maximum atomic E-state index is 11.7. The molecule has 20 atom stereocenters. The molecule has 0 radical (unpaired) electrons. The Balaban J connectivity index is 0.000000236. The molecule has 6 aliphatic rings. The molecule has 0 bridgehead atoms. The summed E-state index contributed by atoms with van der Waals surface area (Å²) in [5.74, 6) is -0.997. The Morgan fingerprint density at radius 3 is 1.60 bits per heavy atom. The van der Waals surface area contributed by atoms with E-state index in [4.69, 9.17) is 44.4 Å². The SMILES string of the molecule is CC(=O)N[C@@H]1[C@H](OC2O[C@H](CO)[C@@H](C)[C@H](O)[C@H]2O)[C@@H](CO)OC(CCCO)[C@H]1O.CCCCC.CCCCCC(C)=O.CN1/C(=C/C=C/C=C/C=C/C2=[N+](C)c3ccc4ccccc4c3C2(C)C)C(C)(C)c2c1ccc1ccccc21.C[C@H]1[C@@H](N)[C@H](O)C(O[C@H]2[C@H](O)[C@@H](O)C(CCCO)O[C@@H]2CO)O[C@@H]1CO. The summed E-state index contributed by atoms with van der Waals surface area (Å²) in [5.41, 5.74) is 13.9. The van der Waals surface area contributed by atoms with Crippen molar-refractivity contribution in [1.82, 2.24) is 5.32 Å². The summed E-state index contributed by atoms with van der Waals surface area (Å²) in [6.45, 7) is 20.2. The predicted molar refractivity (Wildman–Crippen MR) is 414 cm³/mol. The molecule has 0 spiro atoms. The van der Waals surface area contributed by atoms with Crippen LogP contribution in [0.2, 0.25) is 0 Å². The number of nitrogens with two attached hydrogens (primary N) is 1. The number of ether oxygens (including phenoxy) is 6. The zero-order valence-corrected chi connectivity index (χ0v) is 65.1. The average Bonchev–Trinajstić information content (AvgIpc) is 1.59. The molecule has 24 nitrogen and oxygen atoms in total. The van der Waals surface area contributed by atoms with Crippen LogP contribution in [-0.4, -0.2) is 247 Å². The predicted octanol–water partition coefficient (Wildman–Crippen LogP) is 6.84. The van der Waals surface area contributed by atoms with Crippen molar-refractivity contribution in [3.8, 4) is 0 Å². The van der Waals surface area contributed by atoms with Crippen molar-refractivity contribution in [2.24, 2.45) is 17.6 Å². The van der Waals surface area contributed by atoms with E-state index in [0.29, 0.717) is 31.5 Å². The lowest BCUT2D eigenvalue weighted by molar-refractivity contribution is -0.401. The summed E-state index contributed by atoms with van der Waals surface area (Å²) in [6.07, 6.45) is 7.21. The first-order chi connectivity index (χ1) is 51.0. The number of hydrogen-bond acceptors (Lipinski definition) is 22. The Kier molecular flexibility index (Phi) is 36.3. The minimum atomic E-state index is -1.45. The van der Waals surface area contributed by atoms with Crippen LogP contribution in [0.25, 0.3) is 21.5 Å². The van der Waals surface area contributed by atoms with Crippen molar-refractivity contribution in [2.45, 2.75) is 268 Å². The number of carbonyl (C=O) groups excluding carboxylic acids is 2. The van der Waals surface area contributed by atoms with Crippen molar-refractivity contribution >= 4 is 50.3 Å². The number of aliphatic hydroxyl groups is 12. The Hall–Kier alpha value is -5.79. The van der Waals surface area contributed by atoms with Crippen LogP contribution in [0.4, 0.5) is 11.4 Å². The summed E-state index contributed by atoms with van der Waals surface area (Å²) in [5, 5.41) is 126. The van der Waals surface area contributed by atoms with E-state index in [-0.39, 0.29) is 36.6 Å². The van der Waals surface area contributed by atoms with Gasteiger partial charge >= 0.3 is 0 Å². The van der Waals surface area contributed by atoms with Crippen LogP contribution < -0.4 is 16.0 Å². The molecular formula is C83H127N4O20+. The van der Waals surface area contributed by atoms with Gasteiger partial charge in [-0.1, -0.05) is 166 Å². The topological polar surface area (TPSA) is 377 Å². The fraction of sp³-hybridized carbons (Fsp3) is 0.627. The highest BCUT2D eigenvalue weighted by Gasteiger charge is 2.52. The van der Waals surface area contributed by atoms with Gasteiger partial charge in [0.25, 0.3) is 0 Å². The van der Waals surface area contributed by atoms with Gasteiger partial charge < -0.3 is 110 Å². The number of hydrogen-bond donors (Lipinski definition) is 14. The molecule has 4 fully saturated rings. The maximum absolute atomic E-state index is 11.7. The lowest BCUT2D eigenvalue weighted by atomic mass is 9.79. The van der Waals surface area contributed by atoms with Crippen molar-refractivity contribution in [3.63, 3.8) is 0 Å². The Bertz CT molecular complexity index is 3560. The van der Waals surface area contributed by atoms with E-state index in [1.807, 2.05) is 0 Å². The third kappa shape index (κ3) is 22.5. The number of unbranched alkanes of at least 4 members (excludes halogenated alkanes) is 4. The van der Waals surface area contributed by atoms with Crippen molar-refractivity contribution < 1.29 is 104 Å². The Morgan fingerprint density at radius 2 is 1.06 bits per heavy atom. The van der Waals surface area contributed by atoms with Gasteiger partial charge in [0.2, 0.25) is 11.6 Å². The minimum absolute atomic E-state index is 0.0621. The number of nitrogens with one attached hydrogen (secondary N) is 1. The number of aliphatic hydroxyl groups excluding tert-OH is 12. The fourth-order valence-electron chi connectivity index (χ4n) is 15.1. The lowest BCUT2D eigenvalue weighted by Crippen LogP contribution is -2.67. The van der Waals surface area contributed by atoms with Gasteiger partial charge in [-0.25, -0.2) is 0 Å². The number of benzene rings is 4. The summed E-state index contributed by atoms with van der Waals surface area (Å²) >= 11 is 0. The highest BCUT2D eigenvalue weighted by molar-refractivity contribution is 6.07. The summed E-state index contributed by atoms with van der Waals surface area (Å²) in [4.78, 5) is 24.4. The molecule has 4 aromatic rings. The van der Waals surface area contributed by atoms with Crippen LogP contribution in [-0.2, 0) is 48.8 Å². The zero-order chi connectivity index (χ0) is 79.0. The third-order valence-corrected chi connectivity index (χ3v) is 21.4. The molecule has 0 aliphatic carbocycles. The first kappa shape index (κ1) is 90.1. The van der Waals surface area contributed by atoms with Gasteiger partial charge in [-0.15, -0.1) is 0 Å². The first-order valence-electron chi connectivity index (χ1n) is 38.3. The summed E-state index contributed by atoms with van der Waals surface area (Å²) < 4.78 is 36.2. The normalized spacial score (nSPS) is 31.2. The Morgan fingerprint density at radius 1 is 0.551 bits per heavy atom. The lowest BCUT2D eigenvalue weighted by Gasteiger charge is -2.48. The standard InChI is InChI=1S/C37H37N2.C18H33NO10.C16H31NO9.C7H14O.C5H12/c1-36(2)32(38(5)30-24-22-26-16-12-14-18-28(26)34(30)36)20-10-8-7-9-11-21-33-37(3,4)35-29-19-15-13-17-27(29)23-25-31(35)39(33)6;1-8-11(6-21)28-18(16(26)14(8)24)29-17-12(7-22)27-10(4-3-5-20)15(25)13(17)19-9(2)23;1-7-9(5-19)25-16(13(22)11(7)17)26-15-10(6-20)24-8(3-2-4-18)12(21)14(15)23;1-3-4-5-6-7(2)8;1-3-5-4-2/h7-25H,1-6H3;8,10-18,20-22,24-26H,3-7H2,1-2H3,(H,19,23);7-16,18-23H,2-6,17H2,1H3;3-6H2,1-2H3;3-5H2,1-2H3/q+1;;;;/t;8-,10?,11-,12-,13+,14+,15-,16-,17-,18?;7-,8?,9-,10-,11-,12+,13+,14-,15-,16?;;/m.11../s1. The number of fused-ring (bicyclic) bond motifs is 6. The number of anilines is 1. The van der Waals surface area contributed by atoms with E-state index in [2.05, 4.69) is 193 Å². The second kappa shape index (κ2) is 43.1. The molecule has 4 aromatic carbocycles. The van der Waals surface area contributed by atoms with Gasteiger partial charge in [0.05, 0.1) is 68.4 Å². The molecule has 0 saturated carbocycles. The second-order valence-electron chi connectivity index (χ2n) is 29.9. The number of allylic oxidation sites excluding steroid dienone is 8. The van der Waals surface area contributed by atoms with E-state index < -0.39 is 142 Å². The van der Waals surface area contributed by atoms with E-state index >= 15 is 0 Å². The minimum Gasteiger partial charge on any atom is -0.396 e. The number of Topliss-reactive ketones (excluding diaryl/α,β-unsaturated/α-hetero) is 1. The van der Waals surface area contributed by atoms with Crippen LogP contribution in [0.1, 0.15) is 158 Å². The van der Waals surface area contributed by atoms with Crippen LogP contribution in [0.15, 0.2) is 121 Å². The van der Waals surface area contributed by atoms with Gasteiger partial charge in [0.1, 0.15) is 67.8 Å². The molecular weight excluding hydrogens is 1370 g/mol. The number of carbonyl (C=O) groups is 2. The van der Waals surface area contributed by atoms with Gasteiger partial charge in [0.15, 0.2) is 18.3 Å². The van der Waals surface area contributed by atoms with E-state index in [0.717, 1.165) is 12.8 Å². The summed E-state index contributed by atoms with van der Waals surface area (Å²) in [7, 11) is 4.36. The van der Waals surface area contributed by atoms with E-state index in [9.17, 15) is 60.7 Å². The molecule has 24 heteroatoms. The highest BCUT2D eigenvalue weighted by atomic mass is 16.7. The van der Waals surface area contributed by atoms with E-state index in [1.54, 1.807) is 20.8 Å². The smallest absolute Gasteiger partial charge is 0.217 e. The molecule has 4 unspecified atom stereocenters. The Labute approximate surface area is 632 Å². The summed E-state index contributed by atoms with van der Waals surface area (Å²) in [6, 6.07) is 24.7. The molecule has 10 rings (SSSR count). The van der Waals surface area contributed by atoms with Gasteiger partial charge in [-0.05, 0) is 98.2 Å². The number of rotatable bonds is 25. The van der Waals surface area contributed by atoms with Gasteiger partial charge in [-0.3, -0.25) is 4.79 Å².